The monoisotopic (exact) mass is 314 g/mol. The summed E-state index contributed by atoms with van der Waals surface area (Å²) in [7, 11) is 1.65. The Bertz CT molecular complexity index is 418. The van der Waals surface area contributed by atoms with Crippen molar-refractivity contribution in [3.63, 3.8) is 0 Å². The molecule has 0 aromatic carbocycles. The van der Waals surface area contributed by atoms with Gasteiger partial charge in [0.15, 0.2) is 5.82 Å². The standard InChI is InChI=1S/C13H26N6O3/c1-13(2,3)22-12(20)14-7-5-6-10(9-21-4)15-8-11-16-18-19-17-11/h10,15H,5-9H2,1-4H3,(H,14,20)(H,16,17,18,19). The van der Waals surface area contributed by atoms with Crippen LogP contribution >= 0.6 is 0 Å². The van der Waals surface area contributed by atoms with E-state index < -0.39 is 11.7 Å². The molecule has 0 saturated carbocycles. The number of carbonyl (C=O) groups is 1. The number of tetrazole rings is 1. The maximum Gasteiger partial charge on any atom is 0.407 e. The highest BCUT2D eigenvalue weighted by Crippen LogP contribution is 2.06. The number of alkyl carbamates (subject to hydrolysis) is 1. The summed E-state index contributed by atoms with van der Waals surface area (Å²) in [5, 5.41) is 19.7. The first kappa shape index (κ1) is 18.3. The third-order valence-electron chi connectivity index (χ3n) is 2.70. The number of hydrogen-bond donors (Lipinski definition) is 3. The van der Waals surface area contributed by atoms with E-state index in [1.807, 2.05) is 20.8 Å². The number of nitrogens with one attached hydrogen (secondary N) is 3. The lowest BCUT2D eigenvalue weighted by Crippen LogP contribution is -2.36. The Morgan fingerprint density at radius 3 is 2.77 bits per heavy atom. The lowest BCUT2D eigenvalue weighted by molar-refractivity contribution is 0.0526. The number of methoxy groups -OCH3 is 1. The van der Waals surface area contributed by atoms with E-state index in [-0.39, 0.29) is 6.04 Å². The second kappa shape index (κ2) is 9.31. The molecule has 0 radical (unpaired) electrons. The summed E-state index contributed by atoms with van der Waals surface area (Å²) in [5.74, 6) is 0.605. The van der Waals surface area contributed by atoms with Crippen molar-refractivity contribution in [2.24, 2.45) is 0 Å². The average Bonchev–Trinajstić information content (AvgIpc) is 2.92. The first-order chi connectivity index (χ1) is 10.4. The Morgan fingerprint density at radius 1 is 1.41 bits per heavy atom. The average molecular weight is 314 g/mol. The van der Waals surface area contributed by atoms with Gasteiger partial charge in [0, 0.05) is 19.7 Å². The lowest BCUT2D eigenvalue weighted by atomic mass is 10.1. The molecule has 1 aromatic heterocycles. The fourth-order valence-corrected chi connectivity index (χ4v) is 1.79. The summed E-state index contributed by atoms with van der Waals surface area (Å²) in [6, 6.07) is 0.156. The molecule has 126 valence electrons. The molecule has 0 aliphatic heterocycles. The number of carbonyl (C=O) groups excluding carboxylic acids is 1. The van der Waals surface area contributed by atoms with Gasteiger partial charge in [-0.2, -0.15) is 5.21 Å². The molecule has 1 heterocycles. The SMILES string of the molecule is COCC(CCCNC(=O)OC(C)(C)C)NCc1nn[nH]n1. The molecule has 1 rings (SSSR count). The van der Waals surface area contributed by atoms with Gasteiger partial charge in [0.1, 0.15) is 5.60 Å². The zero-order valence-corrected chi connectivity index (χ0v) is 13.7. The van der Waals surface area contributed by atoms with Crippen molar-refractivity contribution in [2.75, 3.05) is 20.3 Å². The van der Waals surface area contributed by atoms with Gasteiger partial charge in [0.05, 0.1) is 13.2 Å². The Morgan fingerprint density at radius 2 is 2.18 bits per heavy atom. The van der Waals surface area contributed by atoms with Gasteiger partial charge in [-0.15, -0.1) is 10.2 Å². The van der Waals surface area contributed by atoms with Gasteiger partial charge in [-0.1, -0.05) is 5.21 Å². The first-order valence-electron chi connectivity index (χ1n) is 7.32. The summed E-state index contributed by atoms with van der Waals surface area (Å²) in [6.07, 6.45) is 1.27. The van der Waals surface area contributed by atoms with Gasteiger partial charge >= 0.3 is 6.09 Å². The number of ether oxygens (including phenoxy) is 2. The number of hydrogen-bond acceptors (Lipinski definition) is 7. The molecule has 0 bridgehead atoms. The van der Waals surface area contributed by atoms with E-state index in [0.29, 0.717) is 25.5 Å². The van der Waals surface area contributed by atoms with Crippen LogP contribution in [0.15, 0.2) is 0 Å². The summed E-state index contributed by atoms with van der Waals surface area (Å²) in [5.41, 5.74) is -0.477. The highest BCUT2D eigenvalue weighted by molar-refractivity contribution is 5.67. The molecule has 0 saturated heterocycles. The van der Waals surface area contributed by atoms with Crippen molar-refractivity contribution in [3.8, 4) is 0 Å². The number of amides is 1. The maximum atomic E-state index is 11.5. The van der Waals surface area contributed by atoms with E-state index in [0.717, 1.165) is 12.8 Å². The van der Waals surface area contributed by atoms with Crippen molar-refractivity contribution in [2.45, 2.75) is 51.8 Å². The Labute approximate surface area is 130 Å². The number of H-pyrrole nitrogens is 1. The number of rotatable bonds is 9. The van der Waals surface area contributed by atoms with Crippen molar-refractivity contribution in [1.82, 2.24) is 31.3 Å². The van der Waals surface area contributed by atoms with Crippen LogP contribution in [0.1, 0.15) is 39.4 Å². The van der Waals surface area contributed by atoms with Crippen LogP contribution in [0.2, 0.25) is 0 Å². The van der Waals surface area contributed by atoms with E-state index in [2.05, 4.69) is 31.3 Å². The molecule has 1 aromatic rings. The molecule has 9 nitrogen and oxygen atoms in total. The van der Waals surface area contributed by atoms with Crippen LogP contribution < -0.4 is 10.6 Å². The van der Waals surface area contributed by atoms with Gasteiger partial charge in [-0.05, 0) is 33.6 Å². The summed E-state index contributed by atoms with van der Waals surface area (Å²) >= 11 is 0. The van der Waals surface area contributed by atoms with Crippen molar-refractivity contribution in [3.05, 3.63) is 5.82 Å². The van der Waals surface area contributed by atoms with Crippen molar-refractivity contribution < 1.29 is 14.3 Å². The molecule has 1 atom stereocenters. The molecular weight excluding hydrogens is 288 g/mol. The third-order valence-corrected chi connectivity index (χ3v) is 2.70. The van der Waals surface area contributed by atoms with E-state index in [1.165, 1.54) is 0 Å². The fraction of sp³-hybridized carbons (Fsp3) is 0.846. The molecule has 22 heavy (non-hydrogen) atoms. The van der Waals surface area contributed by atoms with E-state index in [1.54, 1.807) is 7.11 Å². The Balaban J connectivity index is 2.19. The second-order valence-electron chi connectivity index (χ2n) is 5.93. The van der Waals surface area contributed by atoms with Crippen molar-refractivity contribution >= 4 is 6.09 Å². The van der Waals surface area contributed by atoms with E-state index in [9.17, 15) is 4.79 Å². The predicted octanol–water partition coefficient (Wildman–Crippen LogP) is 0.609. The van der Waals surface area contributed by atoms with Crippen LogP contribution in [0.5, 0.6) is 0 Å². The van der Waals surface area contributed by atoms with E-state index >= 15 is 0 Å². The van der Waals surface area contributed by atoms with Gasteiger partial charge in [0.25, 0.3) is 0 Å². The smallest absolute Gasteiger partial charge is 0.407 e. The number of aromatic amines is 1. The summed E-state index contributed by atoms with van der Waals surface area (Å²) in [4.78, 5) is 11.5. The van der Waals surface area contributed by atoms with Gasteiger partial charge in [-0.25, -0.2) is 4.79 Å². The van der Waals surface area contributed by atoms with Crippen LogP contribution in [0.25, 0.3) is 0 Å². The zero-order valence-electron chi connectivity index (χ0n) is 13.7. The van der Waals surface area contributed by atoms with E-state index in [4.69, 9.17) is 9.47 Å². The van der Waals surface area contributed by atoms with Crippen LogP contribution in [-0.4, -0.2) is 58.6 Å². The van der Waals surface area contributed by atoms with Crippen molar-refractivity contribution in [1.29, 1.82) is 0 Å². The molecular formula is C13H26N6O3. The topological polar surface area (TPSA) is 114 Å². The Hall–Kier alpha value is -1.74. The van der Waals surface area contributed by atoms with Gasteiger partial charge < -0.3 is 20.1 Å². The molecule has 0 aliphatic carbocycles. The largest absolute Gasteiger partial charge is 0.444 e. The quantitative estimate of drug-likeness (QED) is 0.572. The first-order valence-corrected chi connectivity index (χ1v) is 7.32. The minimum atomic E-state index is -0.477. The normalized spacial score (nSPS) is 12.9. The molecule has 1 unspecified atom stereocenters. The van der Waals surface area contributed by atoms with Gasteiger partial charge in [0.2, 0.25) is 0 Å². The highest BCUT2D eigenvalue weighted by Gasteiger charge is 2.15. The Kier molecular flexibility index (Phi) is 7.75. The highest BCUT2D eigenvalue weighted by atomic mass is 16.6. The fourth-order valence-electron chi connectivity index (χ4n) is 1.79. The minimum Gasteiger partial charge on any atom is -0.444 e. The van der Waals surface area contributed by atoms with Crippen LogP contribution in [0, 0.1) is 0 Å². The summed E-state index contributed by atoms with van der Waals surface area (Å²) in [6.45, 7) is 7.16. The van der Waals surface area contributed by atoms with Crippen LogP contribution in [-0.2, 0) is 16.0 Å². The zero-order chi connectivity index (χ0) is 16.4. The number of nitrogens with zero attached hydrogens (tertiary/aromatic N) is 3. The van der Waals surface area contributed by atoms with Crippen LogP contribution in [0.4, 0.5) is 4.79 Å². The molecule has 3 N–H and O–H groups in total. The second-order valence-corrected chi connectivity index (χ2v) is 5.93. The molecule has 9 heteroatoms. The predicted molar refractivity (Wildman–Crippen MR) is 80.2 cm³/mol. The van der Waals surface area contributed by atoms with Crippen LogP contribution in [0.3, 0.4) is 0 Å². The maximum absolute atomic E-state index is 11.5. The molecule has 0 fully saturated rings. The lowest BCUT2D eigenvalue weighted by Gasteiger charge is -2.20. The number of aromatic nitrogens is 4. The molecule has 0 spiro atoms. The van der Waals surface area contributed by atoms with Gasteiger partial charge in [-0.3, -0.25) is 0 Å². The summed E-state index contributed by atoms with van der Waals surface area (Å²) < 4.78 is 10.4. The molecule has 1 amide bonds. The third kappa shape index (κ3) is 8.53. The minimum absolute atomic E-state index is 0.156. The molecule has 0 aliphatic rings.